The molecule has 3 aromatic rings. The summed E-state index contributed by atoms with van der Waals surface area (Å²) in [5.41, 5.74) is 1.82. The second-order valence-corrected chi connectivity index (χ2v) is 6.65. The van der Waals surface area contributed by atoms with E-state index in [4.69, 9.17) is 0 Å². The molecule has 0 bridgehead atoms. The highest BCUT2D eigenvalue weighted by atomic mass is 32.2. The first-order valence-electron chi connectivity index (χ1n) is 7.67. The summed E-state index contributed by atoms with van der Waals surface area (Å²) < 4.78 is 3.46. The third-order valence-corrected chi connectivity index (χ3v) is 4.65. The molecule has 0 saturated heterocycles. The van der Waals surface area contributed by atoms with Crippen LogP contribution in [-0.4, -0.2) is 40.6 Å². The zero-order valence-electron chi connectivity index (χ0n) is 14.1. The number of benzene rings is 1. The van der Waals surface area contributed by atoms with E-state index < -0.39 is 0 Å². The van der Waals surface area contributed by atoms with E-state index in [2.05, 4.69) is 26.6 Å². The number of aryl methyl sites for hydroxylation is 1. The summed E-state index contributed by atoms with van der Waals surface area (Å²) in [7, 11) is 1.82. The van der Waals surface area contributed by atoms with Crippen LogP contribution in [0.5, 0.6) is 0 Å². The van der Waals surface area contributed by atoms with Gasteiger partial charge in [-0.3, -0.25) is 0 Å². The lowest BCUT2D eigenvalue weighted by Crippen LogP contribution is -2.06. The summed E-state index contributed by atoms with van der Waals surface area (Å²) in [5, 5.41) is 32.1. The number of hydrogen-bond donors (Lipinski definition) is 1. The number of imidazole rings is 1. The highest BCUT2D eigenvalue weighted by Gasteiger charge is 2.18. The lowest BCUT2D eigenvalue weighted by Gasteiger charge is -2.08. The fourth-order valence-electron chi connectivity index (χ4n) is 2.42. The maximum atomic E-state index is 10.4. The minimum atomic E-state index is -0.0517. The smallest absolute Gasteiger partial charge is 0.209 e. The van der Waals surface area contributed by atoms with Gasteiger partial charge in [-0.1, -0.05) is 23.9 Å². The largest absolute Gasteiger partial charge is 0.510 e. The molecule has 0 spiro atoms. The molecule has 0 aliphatic rings. The summed E-state index contributed by atoms with van der Waals surface area (Å²) in [6.45, 7) is 3.94. The maximum absolute atomic E-state index is 10.4. The van der Waals surface area contributed by atoms with E-state index in [1.54, 1.807) is 9.25 Å². The summed E-state index contributed by atoms with van der Waals surface area (Å²) in [5.74, 6) is 0.564. The fraction of sp³-hybridized carbons (Fsp3) is 0.312. The lowest BCUT2D eigenvalue weighted by atomic mass is 10.2. The van der Waals surface area contributed by atoms with E-state index in [1.165, 1.54) is 11.8 Å². The van der Waals surface area contributed by atoms with E-state index >= 15 is 0 Å². The van der Waals surface area contributed by atoms with Crippen LogP contribution in [-0.2, 0) is 7.05 Å². The van der Waals surface area contributed by atoms with E-state index in [0.717, 1.165) is 11.0 Å². The first-order valence-corrected chi connectivity index (χ1v) is 8.66. The van der Waals surface area contributed by atoms with E-state index in [9.17, 15) is 10.4 Å². The van der Waals surface area contributed by atoms with Gasteiger partial charge in [-0.15, -0.1) is 5.10 Å². The predicted molar refractivity (Wildman–Crippen MR) is 94.8 cm³/mol. The van der Waals surface area contributed by atoms with Crippen LogP contribution in [0.3, 0.4) is 0 Å². The molecule has 1 N–H and O–H groups in total. The fourth-order valence-corrected chi connectivity index (χ4v) is 3.31. The third kappa shape index (κ3) is 3.21. The van der Waals surface area contributed by atoms with Gasteiger partial charge in [-0.05, 0) is 36.4 Å². The zero-order valence-corrected chi connectivity index (χ0v) is 14.9. The van der Waals surface area contributed by atoms with Crippen molar-refractivity contribution in [3.8, 4) is 6.07 Å². The van der Waals surface area contributed by atoms with Gasteiger partial charge in [0.2, 0.25) is 5.16 Å². The normalized spacial score (nSPS) is 12.4. The predicted octanol–water partition coefficient (Wildman–Crippen LogP) is 2.73. The van der Waals surface area contributed by atoms with Gasteiger partial charge in [0.25, 0.3) is 0 Å². The van der Waals surface area contributed by atoms with Crippen molar-refractivity contribution in [2.24, 2.45) is 7.05 Å². The number of allylic oxidation sites excluding steroid dienone is 1. The highest BCUT2D eigenvalue weighted by Crippen LogP contribution is 2.25. The number of nitrogens with zero attached hydrogens (tertiary/aromatic N) is 7. The van der Waals surface area contributed by atoms with Crippen LogP contribution in [0.2, 0.25) is 0 Å². The number of rotatable bonds is 5. The van der Waals surface area contributed by atoms with Gasteiger partial charge in [0.1, 0.15) is 17.4 Å². The Kier molecular flexibility index (Phi) is 4.72. The standard InChI is InChI=1S/C16H17N7OS/c1-10(2)23-16(19-20-21-23)25-9-14(24)11(8-17)15-18-12-6-4-5-7-13(12)22(15)3/h4-7,10,24H,9H2,1-3H3/b14-11-. The SMILES string of the molecule is CC(C)n1nnnc1SC/C(O)=C(\C#N)c1nc2ccccc2n1C. The Morgan fingerprint density at radius 3 is 2.80 bits per heavy atom. The third-order valence-electron chi connectivity index (χ3n) is 3.70. The number of fused-ring (bicyclic) bond motifs is 1. The maximum Gasteiger partial charge on any atom is 0.209 e. The molecule has 25 heavy (non-hydrogen) atoms. The molecule has 0 aliphatic heterocycles. The average Bonchev–Trinajstić information content (AvgIpc) is 3.20. The molecule has 1 aromatic carbocycles. The number of aliphatic hydroxyl groups is 1. The van der Waals surface area contributed by atoms with E-state index in [0.29, 0.717) is 11.0 Å². The van der Waals surface area contributed by atoms with Crippen LogP contribution in [0.15, 0.2) is 35.2 Å². The molecule has 8 nitrogen and oxygen atoms in total. The Labute approximate surface area is 148 Å². The Bertz CT molecular complexity index is 980. The van der Waals surface area contributed by atoms with Gasteiger partial charge >= 0.3 is 0 Å². The minimum absolute atomic E-state index is 0.0517. The van der Waals surface area contributed by atoms with E-state index in [-0.39, 0.29) is 23.1 Å². The molecule has 0 unspecified atom stereocenters. The van der Waals surface area contributed by atoms with Crippen molar-refractivity contribution >= 4 is 28.4 Å². The Morgan fingerprint density at radius 2 is 2.12 bits per heavy atom. The van der Waals surface area contributed by atoms with Crippen LogP contribution >= 0.6 is 11.8 Å². The number of tetrazole rings is 1. The number of hydrogen-bond acceptors (Lipinski definition) is 7. The zero-order chi connectivity index (χ0) is 18.0. The number of nitriles is 1. The molecule has 0 aliphatic carbocycles. The number of aromatic nitrogens is 6. The molecule has 9 heteroatoms. The van der Waals surface area contributed by atoms with Crippen LogP contribution in [0.1, 0.15) is 25.7 Å². The van der Waals surface area contributed by atoms with Gasteiger partial charge < -0.3 is 9.67 Å². The van der Waals surface area contributed by atoms with Gasteiger partial charge in [0.15, 0.2) is 5.82 Å². The van der Waals surface area contributed by atoms with Gasteiger partial charge in [0, 0.05) is 7.05 Å². The molecular weight excluding hydrogens is 338 g/mol. The molecular formula is C16H17N7OS. The van der Waals surface area contributed by atoms with Gasteiger partial charge in [-0.2, -0.15) is 5.26 Å². The van der Waals surface area contributed by atoms with E-state index in [1.807, 2.05) is 45.2 Å². The van der Waals surface area contributed by atoms with Crippen LogP contribution in [0.25, 0.3) is 16.6 Å². The molecule has 2 aromatic heterocycles. The molecule has 2 heterocycles. The van der Waals surface area contributed by atoms with Crippen molar-refractivity contribution in [2.45, 2.75) is 25.0 Å². The molecule has 3 rings (SSSR count). The van der Waals surface area contributed by atoms with Crippen LogP contribution < -0.4 is 0 Å². The molecule has 128 valence electrons. The van der Waals surface area contributed by atoms with Crippen molar-refractivity contribution in [3.63, 3.8) is 0 Å². The summed E-state index contributed by atoms with van der Waals surface area (Å²) in [6, 6.07) is 9.76. The molecule has 0 saturated carbocycles. The van der Waals surface area contributed by atoms with Crippen molar-refractivity contribution in [3.05, 3.63) is 35.8 Å². The van der Waals surface area contributed by atoms with Crippen molar-refractivity contribution in [1.29, 1.82) is 5.26 Å². The van der Waals surface area contributed by atoms with Crippen LogP contribution in [0, 0.1) is 11.3 Å². The number of thioether (sulfide) groups is 1. The quantitative estimate of drug-likeness (QED) is 0.426. The molecule has 0 atom stereocenters. The van der Waals surface area contributed by atoms with Crippen LogP contribution in [0.4, 0.5) is 0 Å². The average molecular weight is 355 g/mol. The Hall–Kier alpha value is -2.86. The lowest BCUT2D eigenvalue weighted by molar-refractivity contribution is 0.419. The number of aliphatic hydroxyl groups excluding tert-OH is 1. The summed E-state index contributed by atoms with van der Waals surface area (Å²) in [6.07, 6.45) is 0. The topological polar surface area (TPSA) is 105 Å². The first-order chi connectivity index (χ1) is 12.0. The first kappa shape index (κ1) is 17.0. The highest BCUT2D eigenvalue weighted by molar-refractivity contribution is 7.99. The minimum Gasteiger partial charge on any atom is -0.510 e. The van der Waals surface area contributed by atoms with Crippen molar-refractivity contribution < 1.29 is 5.11 Å². The second-order valence-electron chi connectivity index (χ2n) is 5.71. The number of para-hydroxylation sites is 2. The Morgan fingerprint density at radius 1 is 1.36 bits per heavy atom. The molecule has 0 fully saturated rings. The van der Waals surface area contributed by atoms with Crippen molar-refractivity contribution in [1.82, 2.24) is 29.8 Å². The summed E-state index contributed by atoms with van der Waals surface area (Å²) >= 11 is 1.27. The second kappa shape index (κ2) is 6.94. The van der Waals surface area contributed by atoms with Gasteiger partial charge in [0.05, 0.1) is 22.8 Å². The molecule has 0 radical (unpaired) electrons. The summed E-state index contributed by atoms with van der Waals surface area (Å²) in [4.78, 5) is 4.46. The Balaban J connectivity index is 1.91. The molecule has 0 amide bonds. The van der Waals surface area contributed by atoms with Gasteiger partial charge in [-0.25, -0.2) is 9.67 Å². The van der Waals surface area contributed by atoms with Crippen molar-refractivity contribution in [2.75, 3.05) is 5.75 Å². The monoisotopic (exact) mass is 355 g/mol.